The fraction of sp³-hybridized carbons (Fsp3) is 0.412. The van der Waals surface area contributed by atoms with E-state index in [-0.39, 0.29) is 5.54 Å². The first-order chi connectivity index (χ1) is 9.44. The second kappa shape index (κ2) is 6.14. The third-order valence-electron chi connectivity index (χ3n) is 3.10. The fourth-order valence-electron chi connectivity index (χ4n) is 1.96. The van der Waals surface area contributed by atoms with E-state index in [0.717, 1.165) is 24.6 Å². The van der Waals surface area contributed by atoms with E-state index in [1.807, 2.05) is 24.3 Å². The van der Waals surface area contributed by atoms with Crippen LogP contribution in [-0.4, -0.2) is 12.6 Å². The minimum absolute atomic E-state index is 0.105. The number of benzene rings is 1. The molecule has 3 heteroatoms. The van der Waals surface area contributed by atoms with Gasteiger partial charge in [-0.25, -0.2) is 0 Å². The molecule has 0 saturated heterocycles. The van der Waals surface area contributed by atoms with E-state index >= 15 is 0 Å². The number of hydrogen-bond acceptors (Lipinski definition) is 3. The molecular formula is C17H24N2O. The summed E-state index contributed by atoms with van der Waals surface area (Å²) in [5.74, 6) is 1.97. The number of para-hydroxylation sites is 1. The highest BCUT2D eigenvalue weighted by atomic mass is 16.3. The Hall–Kier alpha value is -1.74. The molecule has 0 aliphatic heterocycles. The van der Waals surface area contributed by atoms with Gasteiger partial charge in [0.05, 0.1) is 13.1 Å². The summed E-state index contributed by atoms with van der Waals surface area (Å²) in [6.45, 7) is 8.00. The van der Waals surface area contributed by atoms with E-state index in [4.69, 9.17) is 4.42 Å². The van der Waals surface area contributed by atoms with Gasteiger partial charge in [0, 0.05) is 18.3 Å². The van der Waals surface area contributed by atoms with Crippen LogP contribution in [-0.2, 0) is 13.1 Å². The molecule has 108 valence electrons. The molecule has 1 N–H and O–H groups in total. The summed E-state index contributed by atoms with van der Waals surface area (Å²) in [6.07, 6.45) is 0. The summed E-state index contributed by atoms with van der Waals surface area (Å²) in [4.78, 5) is 2.18. The Morgan fingerprint density at radius 2 is 1.65 bits per heavy atom. The Bertz CT molecular complexity index is 525. The van der Waals surface area contributed by atoms with Gasteiger partial charge in [-0.1, -0.05) is 18.2 Å². The van der Waals surface area contributed by atoms with E-state index in [0.29, 0.717) is 0 Å². The van der Waals surface area contributed by atoms with Crippen LogP contribution in [0.4, 0.5) is 5.69 Å². The SMILES string of the molecule is CN(Cc1ccc(CNC(C)(C)C)o1)c1ccccc1. The summed E-state index contributed by atoms with van der Waals surface area (Å²) >= 11 is 0. The molecule has 1 heterocycles. The average molecular weight is 272 g/mol. The van der Waals surface area contributed by atoms with Crippen LogP contribution in [0.2, 0.25) is 0 Å². The lowest BCUT2D eigenvalue weighted by Crippen LogP contribution is -2.34. The largest absolute Gasteiger partial charge is 0.463 e. The van der Waals surface area contributed by atoms with Crippen molar-refractivity contribution in [1.82, 2.24) is 5.32 Å². The summed E-state index contributed by atoms with van der Waals surface area (Å²) < 4.78 is 5.87. The highest BCUT2D eigenvalue weighted by Crippen LogP contribution is 2.16. The van der Waals surface area contributed by atoms with Gasteiger partial charge in [0.25, 0.3) is 0 Å². The Kier molecular flexibility index (Phi) is 4.50. The topological polar surface area (TPSA) is 28.4 Å². The smallest absolute Gasteiger partial charge is 0.123 e. The van der Waals surface area contributed by atoms with Crippen LogP contribution in [0.25, 0.3) is 0 Å². The maximum Gasteiger partial charge on any atom is 0.123 e. The molecule has 0 saturated carbocycles. The molecule has 0 aliphatic rings. The van der Waals surface area contributed by atoms with Gasteiger partial charge >= 0.3 is 0 Å². The molecule has 0 unspecified atom stereocenters. The van der Waals surface area contributed by atoms with Crippen molar-refractivity contribution in [2.75, 3.05) is 11.9 Å². The highest BCUT2D eigenvalue weighted by Gasteiger charge is 2.11. The fourth-order valence-corrected chi connectivity index (χ4v) is 1.96. The summed E-state index contributed by atoms with van der Waals surface area (Å²) in [5, 5.41) is 3.43. The predicted molar refractivity (Wildman–Crippen MR) is 83.8 cm³/mol. The highest BCUT2D eigenvalue weighted by molar-refractivity contribution is 5.45. The van der Waals surface area contributed by atoms with Crippen molar-refractivity contribution in [3.05, 3.63) is 54.0 Å². The first kappa shape index (κ1) is 14.7. The van der Waals surface area contributed by atoms with E-state index < -0.39 is 0 Å². The van der Waals surface area contributed by atoms with Gasteiger partial charge in [-0.2, -0.15) is 0 Å². The first-order valence-electron chi connectivity index (χ1n) is 7.03. The number of nitrogens with zero attached hydrogens (tertiary/aromatic N) is 1. The number of hydrogen-bond donors (Lipinski definition) is 1. The Morgan fingerprint density at radius 1 is 1.00 bits per heavy atom. The third-order valence-corrected chi connectivity index (χ3v) is 3.10. The molecule has 2 aromatic rings. The second-order valence-electron chi connectivity index (χ2n) is 6.16. The van der Waals surface area contributed by atoms with Crippen LogP contribution in [0, 0.1) is 0 Å². The third kappa shape index (κ3) is 4.42. The van der Waals surface area contributed by atoms with Crippen LogP contribution >= 0.6 is 0 Å². The lowest BCUT2D eigenvalue weighted by atomic mass is 10.1. The van der Waals surface area contributed by atoms with Crippen LogP contribution in [0.15, 0.2) is 46.9 Å². The van der Waals surface area contributed by atoms with Gasteiger partial charge < -0.3 is 14.6 Å². The van der Waals surface area contributed by atoms with Crippen molar-refractivity contribution in [3.8, 4) is 0 Å². The summed E-state index contributed by atoms with van der Waals surface area (Å²) in [5.41, 5.74) is 1.30. The molecule has 0 spiro atoms. The van der Waals surface area contributed by atoms with Crippen molar-refractivity contribution in [3.63, 3.8) is 0 Å². The molecule has 1 aromatic heterocycles. The summed E-state index contributed by atoms with van der Waals surface area (Å²) in [7, 11) is 2.07. The number of anilines is 1. The molecule has 3 nitrogen and oxygen atoms in total. The molecule has 1 aromatic carbocycles. The minimum atomic E-state index is 0.105. The minimum Gasteiger partial charge on any atom is -0.463 e. The zero-order valence-corrected chi connectivity index (χ0v) is 12.8. The molecule has 0 bridgehead atoms. The van der Waals surface area contributed by atoms with Gasteiger partial charge in [0.15, 0.2) is 0 Å². The van der Waals surface area contributed by atoms with Gasteiger partial charge in [0.2, 0.25) is 0 Å². The van der Waals surface area contributed by atoms with Gasteiger partial charge in [0.1, 0.15) is 11.5 Å². The van der Waals surface area contributed by atoms with Crippen molar-refractivity contribution in [2.45, 2.75) is 39.4 Å². The maximum atomic E-state index is 5.87. The quantitative estimate of drug-likeness (QED) is 0.897. The van der Waals surface area contributed by atoms with E-state index in [2.05, 4.69) is 56.2 Å². The average Bonchev–Trinajstić information content (AvgIpc) is 2.84. The van der Waals surface area contributed by atoms with Gasteiger partial charge in [-0.3, -0.25) is 0 Å². The van der Waals surface area contributed by atoms with Crippen LogP contribution in [0.5, 0.6) is 0 Å². The molecule has 2 rings (SSSR count). The number of furan rings is 1. The molecule has 0 radical (unpaired) electrons. The predicted octanol–water partition coefficient (Wildman–Crippen LogP) is 3.80. The normalized spacial score (nSPS) is 11.6. The standard InChI is InChI=1S/C17H24N2O/c1-17(2,3)18-12-15-10-11-16(20-15)13-19(4)14-8-6-5-7-9-14/h5-11,18H,12-13H2,1-4H3. The van der Waals surface area contributed by atoms with E-state index in [1.54, 1.807) is 0 Å². The second-order valence-corrected chi connectivity index (χ2v) is 6.16. The monoisotopic (exact) mass is 272 g/mol. The van der Waals surface area contributed by atoms with Crippen molar-refractivity contribution < 1.29 is 4.42 Å². The zero-order valence-electron chi connectivity index (χ0n) is 12.8. The van der Waals surface area contributed by atoms with Gasteiger partial charge in [-0.15, -0.1) is 0 Å². The Balaban J connectivity index is 1.93. The van der Waals surface area contributed by atoms with E-state index in [1.165, 1.54) is 5.69 Å². The van der Waals surface area contributed by atoms with Crippen LogP contribution < -0.4 is 10.2 Å². The van der Waals surface area contributed by atoms with E-state index in [9.17, 15) is 0 Å². The molecule has 20 heavy (non-hydrogen) atoms. The molecule has 0 amide bonds. The molecule has 0 aliphatic carbocycles. The Labute approximate surface area is 121 Å². The number of rotatable bonds is 5. The van der Waals surface area contributed by atoms with Gasteiger partial charge in [-0.05, 0) is 45.0 Å². The number of nitrogens with one attached hydrogen (secondary N) is 1. The first-order valence-corrected chi connectivity index (χ1v) is 7.03. The Morgan fingerprint density at radius 3 is 2.30 bits per heavy atom. The van der Waals surface area contributed by atoms with Crippen molar-refractivity contribution in [2.24, 2.45) is 0 Å². The molecule has 0 atom stereocenters. The lowest BCUT2D eigenvalue weighted by molar-refractivity contribution is 0.378. The lowest BCUT2D eigenvalue weighted by Gasteiger charge is -2.19. The zero-order chi connectivity index (χ0) is 14.6. The van der Waals surface area contributed by atoms with Crippen LogP contribution in [0.1, 0.15) is 32.3 Å². The summed E-state index contributed by atoms with van der Waals surface area (Å²) in [6, 6.07) is 14.4. The molecular weight excluding hydrogens is 248 g/mol. The van der Waals surface area contributed by atoms with Crippen LogP contribution in [0.3, 0.4) is 0 Å². The van der Waals surface area contributed by atoms with Crippen molar-refractivity contribution >= 4 is 5.69 Å². The molecule has 0 fully saturated rings. The van der Waals surface area contributed by atoms with Crippen molar-refractivity contribution in [1.29, 1.82) is 0 Å². The maximum absolute atomic E-state index is 5.87.